The molecule has 0 saturated carbocycles. The van der Waals surface area contributed by atoms with Crippen LogP contribution in [0.2, 0.25) is 5.02 Å². The number of β-lactam (4-membered cyclic amide) rings is 1. The molecule has 0 aliphatic carbocycles. The predicted octanol–water partition coefficient (Wildman–Crippen LogP) is 4.58. The number of benzene rings is 2. The second kappa shape index (κ2) is 9.43. The van der Waals surface area contributed by atoms with Crippen molar-refractivity contribution in [2.75, 3.05) is 13.1 Å². The quantitative estimate of drug-likeness (QED) is 0.485. The van der Waals surface area contributed by atoms with E-state index >= 15 is 0 Å². The molecule has 7 nitrogen and oxygen atoms in total. The fraction of sp³-hybridized carbons (Fsp3) is 0.269. The number of nitriles is 1. The largest absolute Gasteiger partial charge is 0.476 e. The third-order valence-electron chi connectivity index (χ3n) is 6.49. The van der Waals surface area contributed by atoms with Crippen LogP contribution in [-0.4, -0.2) is 46.8 Å². The van der Waals surface area contributed by atoms with Gasteiger partial charge in [0.25, 0.3) is 11.8 Å². The summed E-state index contributed by atoms with van der Waals surface area (Å²) in [6.07, 6.45) is 1.84. The zero-order chi connectivity index (χ0) is 24.5. The Morgan fingerprint density at radius 1 is 1.14 bits per heavy atom. The second-order valence-corrected chi connectivity index (χ2v) is 8.95. The molecule has 9 heteroatoms. The van der Waals surface area contributed by atoms with E-state index in [-0.39, 0.29) is 28.6 Å². The number of ether oxygens (including phenoxy) is 1. The summed E-state index contributed by atoms with van der Waals surface area (Å²) in [5, 5.41) is 9.23. The highest BCUT2D eigenvalue weighted by Gasteiger charge is 2.53. The van der Waals surface area contributed by atoms with Gasteiger partial charge in [0.05, 0.1) is 22.9 Å². The Labute approximate surface area is 206 Å². The minimum Gasteiger partial charge on any atom is -0.476 e. The van der Waals surface area contributed by atoms with Crippen molar-refractivity contribution in [2.24, 2.45) is 0 Å². The molecule has 0 radical (unpaired) electrons. The fourth-order valence-electron chi connectivity index (χ4n) is 4.71. The molecule has 2 aliphatic heterocycles. The number of piperidine rings is 1. The number of nitrogens with zero attached hydrogens (tertiary/aromatic N) is 3. The zero-order valence-corrected chi connectivity index (χ0v) is 19.3. The minimum absolute atomic E-state index is 0.0829. The molecule has 0 spiro atoms. The van der Waals surface area contributed by atoms with Gasteiger partial charge in [0.1, 0.15) is 17.6 Å². The first-order chi connectivity index (χ1) is 17.0. The van der Waals surface area contributed by atoms with Crippen LogP contribution in [-0.2, 0) is 4.79 Å². The molecule has 1 aromatic heterocycles. The van der Waals surface area contributed by atoms with Gasteiger partial charge >= 0.3 is 0 Å². The van der Waals surface area contributed by atoms with Crippen molar-refractivity contribution < 1.29 is 23.1 Å². The van der Waals surface area contributed by atoms with Gasteiger partial charge in [-0.25, -0.2) is 4.39 Å². The van der Waals surface area contributed by atoms with Crippen molar-refractivity contribution in [2.45, 2.75) is 31.0 Å². The van der Waals surface area contributed by atoms with Crippen molar-refractivity contribution in [3.05, 3.63) is 88.6 Å². The van der Waals surface area contributed by atoms with Gasteiger partial charge in [-0.05, 0) is 60.9 Å². The molecule has 0 unspecified atom stereocenters. The molecule has 2 aliphatic rings. The molecular formula is C26H21ClFN3O4. The van der Waals surface area contributed by atoms with Crippen LogP contribution in [0.25, 0.3) is 0 Å². The van der Waals surface area contributed by atoms with Crippen LogP contribution >= 0.6 is 11.6 Å². The van der Waals surface area contributed by atoms with E-state index in [9.17, 15) is 14.0 Å². The van der Waals surface area contributed by atoms with Crippen LogP contribution in [0, 0.1) is 17.1 Å². The lowest BCUT2D eigenvalue weighted by Crippen LogP contribution is -2.65. The van der Waals surface area contributed by atoms with E-state index in [4.69, 9.17) is 26.0 Å². The molecule has 35 heavy (non-hydrogen) atoms. The van der Waals surface area contributed by atoms with Gasteiger partial charge in [0, 0.05) is 19.1 Å². The van der Waals surface area contributed by atoms with E-state index < -0.39 is 18.0 Å². The van der Waals surface area contributed by atoms with E-state index in [2.05, 4.69) is 6.07 Å². The van der Waals surface area contributed by atoms with Crippen LogP contribution in [0.1, 0.15) is 40.6 Å². The first-order valence-corrected chi connectivity index (χ1v) is 11.6. The van der Waals surface area contributed by atoms with Gasteiger partial charge in [-0.15, -0.1) is 0 Å². The highest BCUT2D eigenvalue weighted by molar-refractivity contribution is 6.32. The number of likely N-dealkylation sites (tertiary alicyclic amines) is 2. The smallest absolute Gasteiger partial charge is 0.289 e. The summed E-state index contributed by atoms with van der Waals surface area (Å²) in [6.45, 7) is 0.979. The molecule has 2 aromatic carbocycles. The summed E-state index contributed by atoms with van der Waals surface area (Å²) < 4.78 is 24.7. The fourth-order valence-corrected chi connectivity index (χ4v) is 4.92. The number of carbonyl (C=O) groups excluding carboxylic acids is 2. The molecule has 2 fully saturated rings. The summed E-state index contributed by atoms with van der Waals surface area (Å²) in [7, 11) is 0. The molecule has 3 aromatic rings. The van der Waals surface area contributed by atoms with E-state index in [0.29, 0.717) is 37.3 Å². The van der Waals surface area contributed by atoms with Crippen molar-refractivity contribution >= 4 is 23.4 Å². The maximum absolute atomic E-state index is 13.5. The van der Waals surface area contributed by atoms with Crippen LogP contribution in [0.3, 0.4) is 0 Å². The summed E-state index contributed by atoms with van der Waals surface area (Å²) in [4.78, 5) is 29.4. The lowest BCUT2D eigenvalue weighted by atomic mass is 9.86. The van der Waals surface area contributed by atoms with Gasteiger partial charge < -0.3 is 19.0 Å². The molecule has 5 rings (SSSR count). The molecule has 3 heterocycles. The average Bonchev–Trinajstić information content (AvgIpc) is 3.42. The number of amides is 2. The van der Waals surface area contributed by atoms with Gasteiger partial charge in [-0.3, -0.25) is 9.59 Å². The second-order valence-electron chi connectivity index (χ2n) is 8.54. The lowest BCUT2D eigenvalue weighted by molar-refractivity contribution is -0.171. The summed E-state index contributed by atoms with van der Waals surface area (Å²) >= 11 is 6.14. The average molecular weight is 494 g/mol. The third kappa shape index (κ3) is 4.35. The third-order valence-corrected chi connectivity index (χ3v) is 6.79. The van der Waals surface area contributed by atoms with E-state index in [1.807, 2.05) is 0 Å². The number of hydrogen-bond donors (Lipinski definition) is 0. The molecule has 2 saturated heterocycles. The standard InChI is InChI=1S/C26H21ClFN3O4/c27-20-14-18(28)7-8-21(20)35-24-23(17-5-3-16(15-29)4-6-17)31(26(24)33)19-9-11-30(12-10-19)25(32)22-2-1-13-34-22/h1-8,13-14,19,23-24H,9-12H2/t23-,24+/m0/s1. The molecule has 0 N–H and O–H groups in total. The van der Waals surface area contributed by atoms with Crippen LogP contribution in [0.5, 0.6) is 5.75 Å². The van der Waals surface area contributed by atoms with Gasteiger partial charge in [0.2, 0.25) is 6.10 Å². The Kier molecular flexibility index (Phi) is 6.18. The van der Waals surface area contributed by atoms with Crippen molar-refractivity contribution in [3.8, 4) is 11.8 Å². The monoisotopic (exact) mass is 493 g/mol. The van der Waals surface area contributed by atoms with Crippen LogP contribution in [0.15, 0.2) is 65.3 Å². The Morgan fingerprint density at radius 2 is 1.89 bits per heavy atom. The minimum atomic E-state index is -0.839. The summed E-state index contributed by atoms with van der Waals surface area (Å²) in [5.41, 5.74) is 1.33. The lowest BCUT2D eigenvalue weighted by Gasteiger charge is -2.52. The summed E-state index contributed by atoms with van der Waals surface area (Å²) in [5.74, 6) is -0.342. The molecule has 2 amide bonds. The highest BCUT2D eigenvalue weighted by Crippen LogP contribution is 2.42. The Bertz CT molecular complexity index is 1280. The zero-order valence-electron chi connectivity index (χ0n) is 18.6. The molecule has 0 bridgehead atoms. The summed E-state index contributed by atoms with van der Waals surface area (Å²) in [6, 6.07) is 15.7. The van der Waals surface area contributed by atoms with Crippen molar-refractivity contribution in [3.63, 3.8) is 0 Å². The van der Waals surface area contributed by atoms with Gasteiger partial charge in [-0.2, -0.15) is 5.26 Å². The van der Waals surface area contributed by atoms with Crippen LogP contribution in [0.4, 0.5) is 4.39 Å². The molecule has 2 atom stereocenters. The predicted molar refractivity (Wildman–Crippen MR) is 124 cm³/mol. The Hall–Kier alpha value is -3.83. The first kappa shape index (κ1) is 22.9. The van der Waals surface area contributed by atoms with Gasteiger partial charge in [0.15, 0.2) is 5.76 Å². The van der Waals surface area contributed by atoms with Crippen molar-refractivity contribution in [1.82, 2.24) is 9.80 Å². The van der Waals surface area contributed by atoms with Crippen molar-refractivity contribution in [1.29, 1.82) is 5.26 Å². The highest BCUT2D eigenvalue weighted by atomic mass is 35.5. The maximum atomic E-state index is 13.5. The Morgan fingerprint density at radius 3 is 2.51 bits per heavy atom. The van der Waals surface area contributed by atoms with E-state index in [1.54, 1.807) is 46.2 Å². The van der Waals surface area contributed by atoms with E-state index in [0.717, 1.165) is 11.6 Å². The Balaban J connectivity index is 1.35. The molecule has 178 valence electrons. The number of hydrogen-bond acceptors (Lipinski definition) is 5. The normalized spacial score (nSPS) is 20.3. The SMILES string of the molecule is N#Cc1ccc([C@H]2[C@@H](Oc3ccc(F)cc3Cl)C(=O)N2C2CCN(C(=O)c3ccco3)CC2)cc1. The van der Waals surface area contributed by atoms with E-state index in [1.165, 1.54) is 18.4 Å². The number of rotatable bonds is 5. The first-order valence-electron chi connectivity index (χ1n) is 11.2. The number of carbonyl (C=O) groups is 2. The number of furan rings is 1. The molecular weight excluding hydrogens is 473 g/mol. The maximum Gasteiger partial charge on any atom is 0.289 e. The van der Waals surface area contributed by atoms with Gasteiger partial charge in [-0.1, -0.05) is 23.7 Å². The topological polar surface area (TPSA) is 86.8 Å². The number of halogens is 2. The van der Waals surface area contributed by atoms with Crippen LogP contribution < -0.4 is 4.74 Å².